The molecule has 8 heteroatoms. The van der Waals surface area contributed by atoms with Gasteiger partial charge in [0.2, 0.25) is 5.91 Å². The molecule has 27 heavy (non-hydrogen) atoms. The fourth-order valence-electron chi connectivity index (χ4n) is 2.36. The minimum absolute atomic E-state index is 0.153. The Morgan fingerprint density at radius 2 is 1.96 bits per heavy atom. The average molecular weight is 422 g/mol. The van der Waals surface area contributed by atoms with Gasteiger partial charge in [0.05, 0.1) is 22.4 Å². The second kappa shape index (κ2) is 9.17. The summed E-state index contributed by atoms with van der Waals surface area (Å²) in [6, 6.07) is 12.7. The monoisotopic (exact) mass is 421 g/mol. The standard InChI is InChI=1S/C19H17Cl2N3O2S/c1-2-26-15-6-4-14(5-7-15)24-10-9-22-19(24)27-12-18(25)23-13-3-8-16(20)17(21)11-13/h3-11H,2,12H2,1H3,(H,23,25). The predicted octanol–water partition coefficient (Wildman–Crippen LogP) is 5.31. The maximum atomic E-state index is 12.2. The van der Waals surface area contributed by atoms with Crippen molar-refractivity contribution in [3.63, 3.8) is 0 Å². The molecule has 0 fully saturated rings. The van der Waals surface area contributed by atoms with E-state index in [1.807, 2.05) is 42.0 Å². The van der Waals surface area contributed by atoms with E-state index in [4.69, 9.17) is 27.9 Å². The van der Waals surface area contributed by atoms with E-state index in [1.165, 1.54) is 11.8 Å². The Bertz CT molecular complexity index is 929. The largest absolute Gasteiger partial charge is 0.494 e. The van der Waals surface area contributed by atoms with Gasteiger partial charge >= 0.3 is 0 Å². The van der Waals surface area contributed by atoms with E-state index in [0.29, 0.717) is 22.3 Å². The molecule has 0 radical (unpaired) electrons. The minimum Gasteiger partial charge on any atom is -0.494 e. The van der Waals surface area contributed by atoms with Crippen molar-refractivity contribution in [1.82, 2.24) is 9.55 Å². The van der Waals surface area contributed by atoms with Crippen molar-refractivity contribution in [3.8, 4) is 11.4 Å². The third-order valence-electron chi connectivity index (χ3n) is 3.57. The number of thioether (sulfide) groups is 1. The number of ether oxygens (including phenoxy) is 1. The lowest BCUT2D eigenvalue weighted by Gasteiger charge is -2.09. The summed E-state index contributed by atoms with van der Waals surface area (Å²) in [7, 11) is 0. The lowest BCUT2D eigenvalue weighted by Crippen LogP contribution is -2.14. The van der Waals surface area contributed by atoms with E-state index in [-0.39, 0.29) is 11.7 Å². The molecule has 0 saturated heterocycles. The SMILES string of the molecule is CCOc1ccc(-n2ccnc2SCC(=O)Nc2ccc(Cl)c(Cl)c2)cc1. The number of nitrogens with one attached hydrogen (secondary N) is 1. The molecule has 2 aromatic carbocycles. The first-order chi connectivity index (χ1) is 13.1. The third kappa shape index (κ3) is 5.19. The van der Waals surface area contributed by atoms with Gasteiger partial charge in [0.1, 0.15) is 5.75 Å². The normalized spacial score (nSPS) is 10.6. The van der Waals surface area contributed by atoms with Crippen molar-refractivity contribution in [3.05, 3.63) is 64.9 Å². The Balaban J connectivity index is 1.62. The van der Waals surface area contributed by atoms with Crippen molar-refractivity contribution < 1.29 is 9.53 Å². The molecule has 0 atom stereocenters. The van der Waals surface area contributed by atoms with E-state index < -0.39 is 0 Å². The van der Waals surface area contributed by atoms with E-state index in [1.54, 1.807) is 24.4 Å². The molecule has 0 aliphatic rings. The number of amides is 1. The molecule has 3 rings (SSSR count). The highest BCUT2D eigenvalue weighted by molar-refractivity contribution is 7.99. The van der Waals surface area contributed by atoms with Gasteiger partial charge in [-0.3, -0.25) is 9.36 Å². The molecule has 1 N–H and O–H groups in total. The van der Waals surface area contributed by atoms with E-state index in [9.17, 15) is 4.79 Å². The maximum Gasteiger partial charge on any atom is 0.234 e. The zero-order chi connectivity index (χ0) is 19.2. The summed E-state index contributed by atoms with van der Waals surface area (Å²) in [5, 5.41) is 4.36. The molecule has 0 saturated carbocycles. The molecule has 1 aromatic heterocycles. The summed E-state index contributed by atoms with van der Waals surface area (Å²) in [6.45, 7) is 2.57. The first-order valence-corrected chi connectivity index (χ1v) is 9.95. The van der Waals surface area contributed by atoms with Crippen LogP contribution in [0.3, 0.4) is 0 Å². The van der Waals surface area contributed by atoms with Crippen molar-refractivity contribution in [2.45, 2.75) is 12.1 Å². The van der Waals surface area contributed by atoms with Gasteiger partial charge in [-0.1, -0.05) is 35.0 Å². The summed E-state index contributed by atoms with van der Waals surface area (Å²) in [5.74, 6) is 0.880. The maximum absolute atomic E-state index is 12.2. The van der Waals surface area contributed by atoms with Crippen LogP contribution in [0, 0.1) is 0 Å². The number of rotatable bonds is 7. The first kappa shape index (κ1) is 19.6. The summed E-state index contributed by atoms with van der Waals surface area (Å²) in [4.78, 5) is 16.5. The number of aromatic nitrogens is 2. The number of nitrogens with zero attached hydrogens (tertiary/aromatic N) is 2. The van der Waals surface area contributed by atoms with E-state index in [0.717, 1.165) is 16.6 Å². The first-order valence-electron chi connectivity index (χ1n) is 8.21. The van der Waals surface area contributed by atoms with Gasteiger partial charge in [-0.25, -0.2) is 4.98 Å². The van der Waals surface area contributed by atoms with Crippen LogP contribution < -0.4 is 10.1 Å². The Morgan fingerprint density at radius 1 is 1.19 bits per heavy atom. The lowest BCUT2D eigenvalue weighted by molar-refractivity contribution is -0.113. The van der Waals surface area contributed by atoms with Crippen LogP contribution in [0.2, 0.25) is 10.0 Å². The molecule has 1 heterocycles. The number of imidazole rings is 1. The van der Waals surface area contributed by atoms with Crippen LogP contribution >= 0.6 is 35.0 Å². The van der Waals surface area contributed by atoms with Crippen LogP contribution in [-0.2, 0) is 4.79 Å². The molecular formula is C19H17Cl2N3O2S. The number of carbonyl (C=O) groups excluding carboxylic acids is 1. The van der Waals surface area contributed by atoms with Crippen molar-refractivity contribution in [2.75, 3.05) is 17.7 Å². The molecule has 0 aliphatic heterocycles. The van der Waals surface area contributed by atoms with Crippen molar-refractivity contribution in [1.29, 1.82) is 0 Å². The second-order valence-corrected chi connectivity index (χ2v) is 7.23. The highest BCUT2D eigenvalue weighted by Gasteiger charge is 2.10. The van der Waals surface area contributed by atoms with Gasteiger partial charge in [-0.2, -0.15) is 0 Å². The van der Waals surface area contributed by atoms with Gasteiger partial charge in [0, 0.05) is 23.8 Å². The van der Waals surface area contributed by atoms with Gasteiger partial charge in [0.15, 0.2) is 5.16 Å². The van der Waals surface area contributed by atoms with Crippen LogP contribution in [0.25, 0.3) is 5.69 Å². The number of halogens is 2. The highest BCUT2D eigenvalue weighted by atomic mass is 35.5. The van der Waals surface area contributed by atoms with Crippen LogP contribution in [0.5, 0.6) is 5.75 Å². The average Bonchev–Trinajstić information content (AvgIpc) is 3.13. The Hall–Kier alpha value is -2.15. The number of benzene rings is 2. The zero-order valence-electron chi connectivity index (χ0n) is 14.5. The predicted molar refractivity (Wildman–Crippen MR) is 111 cm³/mol. The molecule has 0 aliphatic carbocycles. The molecular weight excluding hydrogens is 405 g/mol. The molecule has 5 nitrogen and oxygen atoms in total. The Morgan fingerprint density at radius 3 is 2.67 bits per heavy atom. The number of carbonyl (C=O) groups is 1. The van der Waals surface area contributed by atoms with Gasteiger partial charge < -0.3 is 10.1 Å². The molecule has 0 bridgehead atoms. The summed E-state index contributed by atoms with van der Waals surface area (Å²) in [5.41, 5.74) is 1.55. The zero-order valence-corrected chi connectivity index (χ0v) is 16.8. The molecule has 0 spiro atoms. The summed E-state index contributed by atoms with van der Waals surface area (Å²) in [6.07, 6.45) is 3.56. The third-order valence-corrected chi connectivity index (χ3v) is 5.27. The fourth-order valence-corrected chi connectivity index (χ4v) is 3.43. The number of anilines is 1. The highest BCUT2D eigenvalue weighted by Crippen LogP contribution is 2.26. The number of hydrogen-bond acceptors (Lipinski definition) is 4. The van der Waals surface area contributed by atoms with Gasteiger partial charge in [-0.15, -0.1) is 0 Å². The second-order valence-electron chi connectivity index (χ2n) is 5.47. The molecule has 0 unspecified atom stereocenters. The van der Waals surface area contributed by atoms with Crippen LogP contribution in [0.15, 0.2) is 60.0 Å². The summed E-state index contributed by atoms with van der Waals surface area (Å²) >= 11 is 13.2. The van der Waals surface area contributed by atoms with Crippen molar-refractivity contribution in [2.24, 2.45) is 0 Å². The van der Waals surface area contributed by atoms with Gasteiger partial charge in [0.25, 0.3) is 0 Å². The van der Waals surface area contributed by atoms with Crippen LogP contribution in [0.1, 0.15) is 6.92 Å². The number of hydrogen-bond donors (Lipinski definition) is 1. The molecule has 1 amide bonds. The van der Waals surface area contributed by atoms with E-state index >= 15 is 0 Å². The molecule has 3 aromatic rings. The minimum atomic E-state index is -0.153. The van der Waals surface area contributed by atoms with Crippen LogP contribution in [-0.4, -0.2) is 27.8 Å². The smallest absolute Gasteiger partial charge is 0.234 e. The Labute approximate surface area is 171 Å². The van der Waals surface area contributed by atoms with Gasteiger partial charge in [-0.05, 0) is 49.4 Å². The lowest BCUT2D eigenvalue weighted by atomic mass is 10.3. The van der Waals surface area contributed by atoms with Crippen molar-refractivity contribution >= 4 is 46.6 Å². The topological polar surface area (TPSA) is 56.2 Å². The summed E-state index contributed by atoms with van der Waals surface area (Å²) < 4.78 is 7.38. The van der Waals surface area contributed by atoms with E-state index in [2.05, 4.69) is 10.3 Å². The quantitative estimate of drug-likeness (QED) is 0.525. The molecule has 140 valence electrons. The van der Waals surface area contributed by atoms with Crippen LogP contribution in [0.4, 0.5) is 5.69 Å². The Kier molecular flexibility index (Phi) is 6.66. The fraction of sp³-hybridized carbons (Fsp3) is 0.158.